The Labute approximate surface area is 94.7 Å². The zero-order valence-corrected chi connectivity index (χ0v) is 8.81. The SMILES string of the molecule is Cc1nc(Nc2cc(F)c(F)cc2F)c(N)[nH]1. The first-order valence-electron chi connectivity index (χ1n) is 4.71. The zero-order chi connectivity index (χ0) is 12.6. The van der Waals surface area contributed by atoms with Gasteiger partial charge in [-0.25, -0.2) is 18.2 Å². The van der Waals surface area contributed by atoms with Crippen molar-refractivity contribution in [2.24, 2.45) is 0 Å². The topological polar surface area (TPSA) is 66.7 Å². The monoisotopic (exact) mass is 242 g/mol. The first-order valence-corrected chi connectivity index (χ1v) is 4.71. The minimum Gasteiger partial charge on any atom is -0.382 e. The highest BCUT2D eigenvalue weighted by Crippen LogP contribution is 2.24. The summed E-state index contributed by atoms with van der Waals surface area (Å²) in [7, 11) is 0. The van der Waals surface area contributed by atoms with Crippen molar-refractivity contribution >= 4 is 17.3 Å². The van der Waals surface area contributed by atoms with E-state index in [0.29, 0.717) is 18.0 Å². The van der Waals surface area contributed by atoms with Crippen molar-refractivity contribution < 1.29 is 13.2 Å². The molecule has 0 radical (unpaired) electrons. The average Bonchev–Trinajstić information content (AvgIpc) is 2.54. The van der Waals surface area contributed by atoms with Gasteiger partial charge >= 0.3 is 0 Å². The summed E-state index contributed by atoms with van der Waals surface area (Å²) in [5.41, 5.74) is 5.30. The molecular weight excluding hydrogens is 233 g/mol. The van der Waals surface area contributed by atoms with Crippen LogP contribution < -0.4 is 11.1 Å². The van der Waals surface area contributed by atoms with Gasteiger partial charge in [-0.3, -0.25) is 0 Å². The van der Waals surface area contributed by atoms with E-state index in [2.05, 4.69) is 15.3 Å². The lowest BCUT2D eigenvalue weighted by Crippen LogP contribution is -1.99. The molecule has 0 aliphatic carbocycles. The number of hydrogen-bond donors (Lipinski definition) is 3. The minimum atomic E-state index is -1.25. The summed E-state index contributed by atoms with van der Waals surface area (Å²) in [5.74, 6) is -2.46. The van der Waals surface area contributed by atoms with Crippen molar-refractivity contribution in [1.29, 1.82) is 0 Å². The Kier molecular flexibility index (Phi) is 2.66. The smallest absolute Gasteiger partial charge is 0.173 e. The van der Waals surface area contributed by atoms with Crippen LogP contribution in [0.15, 0.2) is 12.1 Å². The molecule has 7 heteroatoms. The van der Waals surface area contributed by atoms with Crippen LogP contribution in [-0.4, -0.2) is 9.97 Å². The molecular formula is C10H9F3N4. The summed E-state index contributed by atoms with van der Waals surface area (Å²) >= 11 is 0. The van der Waals surface area contributed by atoms with E-state index in [-0.39, 0.29) is 17.3 Å². The molecule has 0 aliphatic rings. The molecule has 0 atom stereocenters. The van der Waals surface area contributed by atoms with Gasteiger partial charge < -0.3 is 16.0 Å². The van der Waals surface area contributed by atoms with Crippen LogP contribution in [0.5, 0.6) is 0 Å². The molecule has 4 N–H and O–H groups in total. The Hall–Kier alpha value is -2.18. The third-order valence-corrected chi connectivity index (χ3v) is 2.11. The number of rotatable bonds is 2. The van der Waals surface area contributed by atoms with Gasteiger partial charge in [-0.15, -0.1) is 0 Å². The molecule has 0 spiro atoms. The largest absolute Gasteiger partial charge is 0.382 e. The summed E-state index contributed by atoms with van der Waals surface area (Å²) in [5, 5.41) is 2.48. The number of nitrogens with zero attached hydrogens (tertiary/aromatic N) is 1. The third-order valence-electron chi connectivity index (χ3n) is 2.11. The molecule has 1 aromatic heterocycles. The molecule has 0 aliphatic heterocycles. The lowest BCUT2D eigenvalue weighted by molar-refractivity contribution is 0.496. The number of nitrogen functional groups attached to an aromatic ring is 1. The fraction of sp³-hybridized carbons (Fsp3) is 0.100. The molecule has 2 aromatic rings. The number of aromatic amines is 1. The summed E-state index contributed by atoms with van der Waals surface area (Å²) in [4.78, 5) is 6.61. The van der Waals surface area contributed by atoms with E-state index in [0.717, 1.165) is 0 Å². The molecule has 0 saturated heterocycles. The number of imidazole rings is 1. The van der Waals surface area contributed by atoms with E-state index in [9.17, 15) is 13.2 Å². The molecule has 4 nitrogen and oxygen atoms in total. The standard InChI is InChI=1S/C10H9F3N4/c1-4-15-9(14)10(16-4)17-8-3-6(12)5(11)2-7(8)13/h2-3,17H,14H2,1H3,(H,15,16). The summed E-state index contributed by atoms with van der Waals surface area (Å²) < 4.78 is 38.9. The summed E-state index contributed by atoms with van der Waals surface area (Å²) in [6.07, 6.45) is 0. The van der Waals surface area contributed by atoms with Gasteiger partial charge in [0.1, 0.15) is 17.5 Å². The second-order valence-electron chi connectivity index (χ2n) is 3.46. The van der Waals surface area contributed by atoms with Gasteiger partial charge in [0.25, 0.3) is 0 Å². The quantitative estimate of drug-likeness (QED) is 0.708. The van der Waals surface area contributed by atoms with Crippen LogP contribution in [0.4, 0.5) is 30.5 Å². The number of nitrogens with one attached hydrogen (secondary N) is 2. The van der Waals surface area contributed by atoms with Gasteiger partial charge in [0.05, 0.1) is 5.69 Å². The summed E-state index contributed by atoms with van der Waals surface area (Å²) in [6, 6.07) is 1.15. The van der Waals surface area contributed by atoms with Gasteiger partial charge in [0.2, 0.25) is 0 Å². The number of aromatic nitrogens is 2. The third kappa shape index (κ3) is 2.17. The van der Waals surface area contributed by atoms with E-state index in [1.54, 1.807) is 6.92 Å². The highest BCUT2D eigenvalue weighted by atomic mass is 19.2. The van der Waals surface area contributed by atoms with Gasteiger partial charge in [-0.2, -0.15) is 0 Å². The number of benzene rings is 1. The Balaban J connectivity index is 2.36. The van der Waals surface area contributed by atoms with Crippen molar-refractivity contribution in [3.05, 3.63) is 35.4 Å². The van der Waals surface area contributed by atoms with Crippen LogP contribution >= 0.6 is 0 Å². The molecule has 1 heterocycles. The number of nitrogens with two attached hydrogens (primary N) is 1. The van der Waals surface area contributed by atoms with Crippen molar-refractivity contribution in [2.75, 3.05) is 11.1 Å². The van der Waals surface area contributed by atoms with Crippen molar-refractivity contribution in [2.45, 2.75) is 6.92 Å². The van der Waals surface area contributed by atoms with E-state index in [4.69, 9.17) is 5.73 Å². The number of halogens is 3. The van der Waals surface area contributed by atoms with Crippen LogP contribution in [-0.2, 0) is 0 Å². The number of H-pyrrole nitrogens is 1. The maximum atomic E-state index is 13.3. The molecule has 0 amide bonds. The number of anilines is 3. The molecule has 1 aromatic carbocycles. The normalized spacial score (nSPS) is 10.6. The molecule has 0 unspecified atom stereocenters. The molecule has 17 heavy (non-hydrogen) atoms. The second-order valence-corrected chi connectivity index (χ2v) is 3.46. The summed E-state index contributed by atoms with van der Waals surface area (Å²) in [6.45, 7) is 1.66. The van der Waals surface area contributed by atoms with E-state index < -0.39 is 17.5 Å². The van der Waals surface area contributed by atoms with Crippen LogP contribution in [0.3, 0.4) is 0 Å². The predicted molar refractivity (Wildman–Crippen MR) is 57.3 cm³/mol. The predicted octanol–water partition coefficient (Wildman–Crippen LogP) is 2.46. The van der Waals surface area contributed by atoms with Crippen LogP contribution in [0.25, 0.3) is 0 Å². The Morgan fingerprint density at radius 3 is 2.41 bits per heavy atom. The Morgan fingerprint density at radius 2 is 1.82 bits per heavy atom. The average molecular weight is 242 g/mol. The highest BCUT2D eigenvalue weighted by molar-refractivity contribution is 5.66. The lowest BCUT2D eigenvalue weighted by atomic mass is 10.3. The first-order chi connectivity index (χ1) is 7.97. The molecule has 0 fully saturated rings. The molecule has 0 saturated carbocycles. The maximum absolute atomic E-state index is 13.3. The number of hydrogen-bond acceptors (Lipinski definition) is 3. The van der Waals surface area contributed by atoms with E-state index >= 15 is 0 Å². The first kappa shape index (κ1) is 11.3. The highest BCUT2D eigenvalue weighted by Gasteiger charge is 2.12. The van der Waals surface area contributed by atoms with Crippen molar-refractivity contribution in [3.8, 4) is 0 Å². The number of aryl methyl sites for hydroxylation is 1. The second kappa shape index (κ2) is 4.00. The fourth-order valence-corrected chi connectivity index (χ4v) is 1.35. The molecule has 0 bridgehead atoms. The van der Waals surface area contributed by atoms with Crippen molar-refractivity contribution in [3.63, 3.8) is 0 Å². The van der Waals surface area contributed by atoms with Gasteiger partial charge in [-0.1, -0.05) is 0 Å². The van der Waals surface area contributed by atoms with Crippen LogP contribution in [0.2, 0.25) is 0 Å². The van der Waals surface area contributed by atoms with E-state index in [1.807, 2.05) is 0 Å². The maximum Gasteiger partial charge on any atom is 0.173 e. The minimum absolute atomic E-state index is 0.160. The lowest BCUT2D eigenvalue weighted by Gasteiger charge is -2.06. The Morgan fingerprint density at radius 1 is 1.18 bits per heavy atom. The van der Waals surface area contributed by atoms with Gasteiger partial charge in [0.15, 0.2) is 17.5 Å². The fourth-order valence-electron chi connectivity index (χ4n) is 1.35. The van der Waals surface area contributed by atoms with Crippen molar-refractivity contribution in [1.82, 2.24) is 9.97 Å². The zero-order valence-electron chi connectivity index (χ0n) is 8.81. The van der Waals surface area contributed by atoms with Gasteiger partial charge in [0, 0.05) is 12.1 Å². The molecule has 2 rings (SSSR count). The Bertz CT molecular complexity index is 565. The van der Waals surface area contributed by atoms with Crippen LogP contribution in [0, 0.1) is 24.4 Å². The van der Waals surface area contributed by atoms with Gasteiger partial charge in [-0.05, 0) is 6.92 Å². The van der Waals surface area contributed by atoms with E-state index in [1.165, 1.54) is 0 Å². The molecule has 90 valence electrons. The van der Waals surface area contributed by atoms with Crippen LogP contribution in [0.1, 0.15) is 5.82 Å².